The number of carbonyl (C=O) groups excluding carboxylic acids is 2. The molecule has 7 rings (SSSR count). The molecule has 0 radical (unpaired) electrons. The van der Waals surface area contributed by atoms with Crippen LogP contribution in [0.5, 0.6) is 46.0 Å². The summed E-state index contributed by atoms with van der Waals surface area (Å²) in [6, 6.07) is 28.5. The molecule has 2 heterocycles. The quantitative estimate of drug-likeness (QED) is 0.0510. The third-order valence-corrected chi connectivity index (χ3v) is 9.35. The number of aryl methyl sites for hydroxylation is 1. The highest BCUT2D eigenvalue weighted by atomic mass is 16.5. The Morgan fingerprint density at radius 3 is 1.72 bits per heavy atom. The second-order valence-corrected chi connectivity index (χ2v) is 13.5. The standard InChI is InChI=1S/C45H36N4O12/c50-26-13-15-29(16-14-26)61-30-17-19-32-25(22-30)24-46-38(40(32)51)42(53)48-36(44(55)56)37(45(57)58)49-43(54)39-41(52)33-20-18-31(60-28-10-5-2-6-11-28)23-34(33)35(47-39)12-7-21-59-27-8-3-1-4-9-27/h1-6,8-11,13-20,22-24,36-37,50-52H,7,12,21H2,(H,48,53)(H,49,54)(H,55,56)(H,57,58). The number of nitrogens with zero attached hydrogens (tertiary/aromatic N) is 2. The number of carboxylic acids is 2. The van der Waals surface area contributed by atoms with Crippen molar-refractivity contribution in [3.05, 3.63) is 145 Å². The molecule has 0 bridgehead atoms. The van der Waals surface area contributed by atoms with Gasteiger partial charge in [0.15, 0.2) is 35.0 Å². The molecule has 61 heavy (non-hydrogen) atoms. The fourth-order valence-electron chi connectivity index (χ4n) is 6.39. The number of hydrogen-bond acceptors (Lipinski definition) is 12. The van der Waals surface area contributed by atoms with E-state index in [4.69, 9.17) is 14.2 Å². The predicted octanol–water partition coefficient (Wildman–Crippen LogP) is 6.56. The predicted molar refractivity (Wildman–Crippen MR) is 220 cm³/mol. The van der Waals surface area contributed by atoms with Gasteiger partial charge in [-0.3, -0.25) is 9.59 Å². The first-order valence-corrected chi connectivity index (χ1v) is 18.7. The number of nitrogens with one attached hydrogen (secondary N) is 2. The van der Waals surface area contributed by atoms with Gasteiger partial charge in [0, 0.05) is 33.4 Å². The molecule has 2 aromatic heterocycles. The van der Waals surface area contributed by atoms with E-state index in [1.54, 1.807) is 48.5 Å². The SMILES string of the molecule is O=C(NC(C(=O)O)C(NC(=O)c1nc(CCCOc2ccccc2)c2cc(Oc3ccccc3)ccc2c1O)C(=O)O)c1ncc2cc(Oc3ccc(O)cc3)ccc2c1O. The van der Waals surface area contributed by atoms with E-state index in [1.165, 1.54) is 54.7 Å². The molecule has 0 saturated heterocycles. The number of aliphatic carboxylic acids is 2. The number of carbonyl (C=O) groups is 4. The first-order chi connectivity index (χ1) is 29.4. The lowest BCUT2D eigenvalue weighted by Gasteiger charge is -2.23. The summed E-state index contributed by atoms with van der Waals surface area (Å²) in [7, 11) is 0. The topological polar surface area (TPSA) is 247 Å². The summed E-state index contributed by atoms with van der Waals surface area (Å²) < 4.78 is 17.6. The normalized spacial score (nSPS) is 11.9. The number of carboxylic acid groups (broad SMARTS) is 2. The molecular formula is C45H36N4O12. The van der Waals surface area contributed by atoms with E-state index >= 15 is 0 Å². The minimum absolute atomic E-state index is 0.0463. The number of phenolic OH excluding ortho intramolecular Hbond substituents is 1. The highest BCUT2D eigenvalue weighted by Gasteiger charge is 2.38. The van der Waals surface area contributed by atoms with Crippen LogP contribution in [-0.4, -0.2) is 77.9 Å². The monoisotopic (exact) mass is 824 g/mol. The lowest BCUT2D eigenvalue weighted by Crippen LogP contribution is -2.59. The molecule has 2 amide bonds. The number of benzene rings is 5. The minimum atomic E-state index is -2.31. The van der Waals surface area contributed by atoms with Crippen LogP contribution < -0.4 is 24.8 Å². The van der Waals surface area contributed by atoms with Crippen LogP contribution in [0.15, 0.2) is 128 Å². The first-order valence-electron chi connectivity index (χ1n) is 18.7. The van der Waals surface area contributed by atoms with E-state index in [2.05, 4.69) is 15.3 Å². The second-order valence-electron chi connectivity index (χ2n) is 13.5. The molecule has 0 fully saturated rings. The Morgan fingerprint density at radius 2 is 1.10 bits per heavy atom. The zero-order valence-electron chi connectivity index (χ0n) is 31.9. The van der Waals surface area contributed by atoms with E-state index in [-0.39, 0.29) is 29.5 Å². The fraction of sp³-hybridized carbons (Fsp3) is 0.111. The first kappa shape index (κ1) is 40.8. The summed E-state index contributed by atoms with van der Waals surface area (Å²) in [6.07, 6.45) is 1.85. The third kappa shape index (κ3) is 9.50. The molecule has 0 aliphatic heterocycles. The Bertz CT molecular complexity index is 2750. The summed E-state index contributed by atoms with van der Waals surface area (Å²) in [5.74, 6) is -5.10. The van der Waals surface area contributed by atoms with Crippen molar-refractivity contribution < 1.29 is 58.9 Å². The van der Waals surface area contributed by atoms with E-state index in [1.807, 2.05) is 29.6 Å². The maximum absolute atomic E-state index is 13.8. The zero-order valence-corrected chi connectivity index (χ0v) is 31.9. The number of hydrogen-bond donors (Lipinski definition) is 7. The van der Waals surface area contributed by atoms with Crippen molar-refractivity contribution in [1.82, 2.24) is 20.6 Å². The lowest BCUT2D eigenvalue weighted by molar-refractivity contribution is -0.147. The number of aromatic hydroxyl groups is 3. The smallest absolute Gasteiger partial charge is 0.329 e. The van der Waals surface area contributed by atoms with Crippen LogP contribution in [0.4, 0.5) is 0 Å². The van der Waals surface area contributed by atoms with Gasteiger partial charge in [0.1, 0.15) is 34.5 Å². The number of pyridine rings is 2. The van der Waals surface area contributed by atoms with Crippen molar-refractivity contribution in [2.24, 2.45) is 0 Å². The van der Waals surface area contributed by atoms with E-state index in [0.717, 1.165) is 0 Å². The molecule has 5 aromatic carbocycles. The Balaban J connectivity index is 1.13. The summed E-state index contributed by atoms with van der Waals surface area (Å²) in [5, 5.41) is 57.4. The molecule has 0 spiro atoms. The van der Waals surface area contributed by atoms with Crippen LogP contribution in [0, 0.1) is 0 Å². The van der Waals surface area contributed by atoms with Crippen LogP contribution in [0.1, 0.15) is 33.1 Å². The average Bonchev–Trinajstić information content (AvgIpc) is 3.25. The van der Waals surface area contributed by atoms with Crippen molar-refractivity contribution in [3.63, 3.8) is 0 Å². The van der Waals surface area contributed by atoms with Gasteiger partial charge in [0.05, 0.1) is 6.61 Å². The Hall–Kier alpha value is -8.40. The summed E-state index contributed by atoms with van der Waals surface area (Å²) >= 11 is 0. The van der Waals surface area contributed by atoms with Gasteiger partial charge in [-0.25, -0.2) is 19.6 Å². The molecule has 16 nitrogen and oxygen atoms in total. The molecule has 308 valence electrons. The molecule has 16 heteroatoms. The van der Waals surface area contributed by atoms with Crippen molar-refractivity contribution in [2.45, 2.75) is 24.9 Å². The van der Waals surface area contributed by atoms with Gasteiger partial charge in [0.25, 0.3) is 11.8 Å². The molecule has 0 saturated carbocycles. The van der Waals surface area contributed by atoms with Crippen molar-refractivity contribution in [2.75, 3.05) is 6.61 Å². The number of para-hydroxylation sites is 2. The molecule has 0 aliphatic rings. The fourth-order valence-corrected chi connectivity index (χ4v) is 6.39. The van der Waals surface area contributed by atoms with Crippen LogP contribution in [0.3, 0.4) is 0 Å². The molecule has 7 N–H and O–H groups in total. The number of fused-ring (bicyclic) bond motifs is 2. The third-order valence-electron chi connectivity index (χ3n) is 9.35. The largest absolute Gasteiger partial charge is 0.508 e. The number of ether oxygens (including phenoxy) is 3. The van der Waals surface area contributed by atoms with Crippen LogP contribution in [0.2, 0.25) is 0 Å². The summed E-state index contributed by atoms with van der Waals surface area (Å²) in [4.78, 5) is 60.7. The number of rotatable bonds is 16. The summed E-state index contributed by atoms with van der Waals surface area (Å²) in [6.45, 7) is 0.259. The second kappa shape index (κ2) is 18.0. The van der Waals surface area contributed by atoms with Gasteiger partial charge in [-0.15, -0.1) is 0 Å². The zero-order chi connectivity index (χ0) is 43.0. The molecule has 2 unspecified atom stereocenters. The maximum Gasteiger partial charge on any atom is 0.329 e. The van der Waals surface area contributed by atoms with Gasteiger partial charge in [0.2, 0.25) is 0 Å². The van der Waals surface area contributed by atoms with Gasteiger partial charge in [-0.2, -0.15) is 0 Å². The Morgan fingerprint density at radius 1 is 0.574 bits per heavy atom. The molecular weight excluding hydrogens is 789 g/mol. The Labute approximate surface area is 346 Å². The van der Waals surface area contributed by atoms with Gasteiger partial charge >= 0.3 is 11.9 Å². The highest BCUT2D eigenvalue weighted by molar-refractivity contribution is 6.06. The number of aromatic nitrogens is 2. The molecule has 2 atom stereocenters. The van der Waals surface area contributed by atoms with Gasteiger partial charge in [-0.05, 0) is 97.8 Å². The highest BCUT2D eigenvalue weighted by Crippen LogP contribution is 2.35. The van der Waals surface area contributed by atoms with Crippen molar-refractivity contribution >= 4 is 45.3 Å². The van der Waals surface area contributed by atoms with Gasteiger partial charge < -0.3 is 50.4 Å². The molecule has 7 aromatic rings. The van der Waals surface area contributed by atoms with Crippen LogP contribution in [0.25, 0.3) is 21.5 Å². The van der Waals surface area contributed by atoms with E-state index in [0.29, 0.717) is 51.6 Å². The van der Waals surface area contributed by atoms with E-state index < -0.39 is 58.7 Å². The van der Waals surface area contributed by atoms with E-state index in [9.17, 15) is 44.7 Å². The lowest BCUT2D eigenvalue weighted by atomic mass is 10.0. The minimum Gasteiger partial charge on any atom is -0.508 e. The van der Waals surface area contributed by atoms with Crippen LogP contribution >= 0.6 is 0 Å². The van der Waals surface area contributed by atoms with Crippen molar-refractivity contribution in [3.8, 4) is 46.0 Å². The summed E-state index contributed by atoms with van der Waals surface area (Å²) in [5.41, 5.74) is -0.917. The van der Waals surface area contributed by atoms with Gasteiger partial charge in [-0.1, -0.05) is 36.4 Å². The average molecular weight is 825 g/mol. The number of amides is 2. The number of phenols is 1. The molecule has 0 aliphatic carbocycles. The Kier molecular flexibility index (Phi) is 12.1. The maximum atomic E-state index is 13.8. The van der Waals surface area contributed by atoms with Crippen LogP contribution in [-0.2, 0) is 16.0 Å². The van der Waals surface area contributed by atoms with Crippen molar-refractivity contribution in [1.29, 1.82) is 0 Å².